The Kier molecular flexibility index (Phi) is 3.70. The van der Waals surface area contributed by atoms with Crippen molar-refractivity contribution in [2.24, 2.45) is 5.92 Å². The van der Waals surface area contributed by atoms with Crippen LogP contribution in [0.3, 0.4) is 0 Å². The molecule has 0 amide bonds. The summed E-state index contributed by atoms with van der Waals surface area (Å²) in [6.45, 7) is 3.64. The molecule has 0 aliphatic carbocycles. The lowest BCUT2D eigenvalue weighted by Gasteiger charge is -2.27. The van der Waals surface area contributed by atoms with Crippen LogP contribution in [0, 0.1) is 5.92 Å². The normalized spacial score (nSPS) is 30.3. The minimum atomic E-state index is -3.01. The molecule has 2 N–H and O–H groups in total. The highest BCUT2D eigenvalue weighted by atomic mass is 32.2. The zero-order chi connectivity index (χ0) is 9.90. The Bertz CT molecular complexity index is 243. The number of hydrogen-bond acceptors (Lipinski definition) is 3. The SMILES string of the molecule is CC1CCC(CNS(C)(=O)=O)CN1. The lowest BCUT2D eigenvalue weighted by atomic mass is 9.96. The predicted octanol–water partition coefficient (Wildman–Crippen LogP) is -0.0763. The van der Waals surface area contributed by atoms with Crippen molar-refractivity contribution in [3.05, 3.63) is 0 Å². The van der Waals surface area contributed by atoms with Crippen molar-refractivity contribution < 1.29 is 8.42 Å². The smallest absolute Gasteiger partial charge is 0.208 e. The Hall–Kier alpha value is -0.130. The third-order valence-electron chi connectivity index (χ3n) is 2.40. The first-order chi connectivity index (χ1) is 5.97. The van der Waals surface area contributed by atoms with Crippen LogP contribution >= 0.6 is 0 Å². The molecule has 0 aromatic heterocycles. The van der Waals surface area contributed by atoms with Gasteiger partial charge in [-0.3, -0.25) is 0 Å². The summed E-state index contributed by atoms with van der Waals surface area (Å²) >= 11 is 0. The first-order valence-corrected chi connectivity index (χ1v) is 6.54. The van der Waals surface area contributed by atoms with Crippen LogP contribution in [0.1, 0.15) is 19.8 Å². The highest BCUT2D eigenvalue weighted by Gasteiger charge is 2.18. The first-order valence-electron chi connectivity index (χ1n) is 4.65. The average Bonchev–Trinajstić information content (AvgIpc) is 2.02. The highest BCUT2D eigenvalue weighted by molar-refractivity contribution is 7.88. The van der Waals surface area contributed by atoms with Crippen molar-refractivity contribution in [2.75, 3.05) is 19.3 Å². The molecular weight excluding hydrogens is 188 g/mol. The van der Waals surface area contributed by atoms with Crippen LogP contribution in [-0.4, -0.2) is 33.8 Å². The van der Waals surface area contributed by atoms with E-state index in [0.29, 0.717) is 18.5 Å². The van der Waals surface area contributed by atoms with E-state index in [1.54, 1.807) is 0 Å². The van der Waals surface area contributed by atoms with Gasteiger partial charge in [0.05, 0.1) is 6.26 Å². The zero-order valence-corrected chi connectivity index (χ0v) is 9.02. The molecule has 2 atom stereocenters. The van der Waals surface area contributed by atoms with Gasteiger partial charge in [0.2, 0.25) is 10.0 Å². The van der Waals surface area contributed by atoms with Crippen LogP contribution in [-0.2, 0) is 10.0 Å². The lowest BCUT2D eigenvalue weighted by Crippen LogP contribution is -2.41. The summed E-state index contributed by atoms with van der Waals surface area (Å²) in [7, 11) is -3.01. The van der Waals surface area contributed by atoms with Crippen LogP contribution in [0.25, 0.3) is 0 Å². The van der Waals surface area contributed by atoms with Crippen molar-refractivity contribution in [1.29, 1.82) is 0 Å². The molecule has 5 heteroatoms. The van der Waals surface area contributed by atoms with E-state index in [9.17, 15) is 8.42 Å². The van der Waals surface area contributed by atoms with Gasteiger partial charge < -0.3 is 5.32 Å². The summed E-state index contributed by atoms with van der Waals surface area (Å²) in [5.74, 6) is 0.450. The molecule has 0 bridgehead atoms. The topological polar surface area (TPSA) is 58.2 Å². The zero-order valence-electron chi connectivity index (χ0n) is 8.21. The van der Waals surface area contributed by atoms with Crippen molar-refractivity contribution in [3.8, 4) is 0 Å². The third-order valence-corrected chi connectivity index (χ3v) is 3.09. The summed E-state index contributed by atoms with van der Waals surface area (Å²) in [6, 6.07) is 0.578. The molecule has 1 aliphatic rings. The number of rotatable bonds is 3. The standard InChI is InChI=1S/C8H18N2O2S/c1-7-3-4-8(5-9-7)6-10-13(2,11)12/h7-10H,3-6H2,1-2H3. The van der Waals surface area contributed by atoms with Crippen molar-refractivity contribution in [1.82, 2.24) is 10.0 Å². The van der Waals surface area contributed by atoms with Gasteiger partial charge in [-0.05, 0) is 32.2 Å². The van der Waals surface area contributed by atoms with Crippen molar-refractivity contribution in [2.45, 2.75) is 25.8 Å². The maximum atomic E-state index is 10.8. The quantitative estimate of drug-likeness (QED) is 0.679. The Morgan fingerprint density at radius 2 is 2.15 bits per heavy atom. The molecule has 0 saturated carbocycles. The monoisotopic (exact) mass is 206 g/mol. The summed E-state index contributed by atoms with van der Waals surface area (Å²) in [5, 5.41) is 3.33. The van der Waals surface area contributed by atoms with E-state index >= 15 is 0 Å². The number of sulfonamides is 1. The van der Waals surface area contributed by atoms with Crippen LogP contribution in [0.15, 0.2) is 0 Å². The van der Waals surface area contributed by atoms with Crippen LogP contribution in [0.5, 0.6) is 0 Å². The molecule has 0 aromatic carbocycles. The largest absolute Gasteiger partial charge is 0.314 e. The number of piperidine rings is 1. The minimum Gasteiger partial charge on any atom is -0.314 e. The molecule has 0 aromatic rings. The van der Waals surface area contributed by atoms with E-state index in [1.165, 1.54) is 6.26 Å². The van der Waals surface area contributed by atoms with E-state index in [-0.39, 0.29) is 0 Å². The minimum absolute atomic E-state index is 0.450. The van der Waals surface area contributed by atoms with Crippen LogP contribution < -0.4 is 10.0 Å². The fourth-order valence-corrected chi connectivity index (χ4v) is 2.04. The summed E-state index contributed by atoms with van der Waals surface area (Å²) < 4.78 is 24.2. The number of hydrogen-bond donors (Lipinski definition) is 2. The molecule has 78 valence electrons. The Morgan fingerprint density at radius 3 is 2.62 bits per heavy atom. The fourth-order valence-electron chi connectivity index (χ4n) is 1.50. The van der Waals surface area contributed by atoms with Gasteiger partial charge in [-0.2, -0.15) is 0 Å². The summed E-state index contributed by atoms with van der Waals surface area (Å²) in [6.07, 6.45) is 3.44. The molecule has 4 nitrogen and oxygen atoms in total. The fraction of sp³-hybridized carbons (Fsp3) is 1.00. The maximum Gasteiger partial charge on any atom is 0.208 e. The Balaban J connectivity index is 2.24. The van der Waals surface area contributed by atoms with Gasteiger partial charge in [-0.1, -0.05) is 0 Å². The Labute approximate surface area is 80.1 Å². The second-order valence-electron chi connectivity index (χ2n) is 3.87. The summed E-state index contributed by atoms with van der Waals surface area (Å²) in [4.78, 5) is 0. The van der Waals surface area contributed by atoms with Gasteiger partial charge in [-0.15, -0.1) is 0 Å². The second-order valence-corrected chi connectivity index (χ2v) is 5.71. The van der Waals surface area contributed by atoms with E-state index in [2.05, 4.69) is 17.0 Å². The van der Waals surface area contributed by atoms with Crippen molar-refractivity contribution >= 4 is 10.0 Å². The van der Waals surface area contributed by atoms with Crippen LogP contribution in [0.4, 0.5) is 0 Å². The molecule has 2 unspecified atom stereocenters. The van der Waals surface area contributed by atoms with E-state index in [0.717, 1.165) is 19.4 Å². The van der Waals surface area contributed by atoms with E-state index in [4.69, 9.17) is 0 Å². The van der Waals surface area contributed by atoms with Gasteiger partial charge in [0, 0.05) is 12.6 Å². The lowest BCUT2D eigenvalue weighted by molar-refractivity contribution is 0.323. The van der Waals surface area contributed by atoms with Gasteiger partial charge in [0.25, 0.3) is 0 Å². The third kappa shape index (κ3) is 4.59. The molecule has 13 heavy (non-hydrogen) atoms. The number of nitrogens with one attached hydrogen (secondary N) is 2. The maximum absolute atomic E-state index is 10.8. The van der Waals surface area contributed by atoms with Gasteiger partial charge in [-0.25, -0.2) is 13.1 Å². The van der Waals surface area contributed by atoms with Gasteiger partial charge in [0.15, 0.2) is 0 Å². The van der Waals surface area contributed by atoms with E-state index in [1.807, 2.05) is 0 Å². The van der Waals surface area contributed by atoms with Crippen molar-refractivity contribution in [3.63, 3.8) is 0 Å². The molecule has 0 radical (unpaired) electrons. The molecule has 0 spiro atoms. The second kappa shape index (κ2) is 4.39. The molecule has 1 fully saturated rings. The molecule has 1 saturated heterocycles. The van der Waals surface area contributed by atoms with E-state index < -0.39 is 10.0 Å². The predicted molar refractivity (Wildman–Crippen MR) is 53.0 cm³/mol. The van der Waals surface area contributed by atoms with Crippen LogP contribution in [0.2, 0.25) is 0 Å². The molecule has 1 heterocycles. The highest BCUT2D eigenvalue weighted by Crippen LogP contribution is 2.12. The summed E-state index contributed by atoms with van der Waals surface area (Å²) in [5.41, 5.74) is 0. The van der Waals surface area contributed by atoms with Gasteiger partial charge in [0.1, 0.15) is 0 Å². The Morgan fingerprint density at radius 1 is 1.46 bits per heavy atom. The molecule has 1 rings (SSSR count). The molecular formula is C8H18N2O2S. The average molecular weight is 206 g/mol. The molecule has 1 aliphatic heterocycles. The first kappa shape index (κ1) is 10.9. The van der Waals surface area contributed by atoms with Gasteiger partial charge >= 0.3 is 0 Å².